The molecule has 0 aliphatic carbocycles. The first-order valence-electron chi connectivity index (χ1n) is 5.84. The lowest BCUT2D eigenvalue weighted by molar-refractivity contribution is 1.10. The van der Waals surface area contributed by atoms with Gasteiger partial charge in [-0.2, -0.15) is 0 Å². The summed E-state index contributed by atoms with van der Waals surface area (Å²) < 4.78 is 0. The van der Waals surface area contributed by atoms with Crippen LogP contribution in [0.4, 0.5) is 11.5 Å². The van der Waals surface area contributed by atoms with Crippen molar-refractivity contribution in [2.45, 2.75) is 6.92 Å². The fourth-order valence-electron chi connectivity index (χ4n) is 1.95. The summed E-state index contributed by atoms with van der Waals surface area (Å²) in [6.07, 6.45) is 1.78. The van der Waals surface area contributed by atoms with E-state index in [2.05, 4.69) is 20.3 Å². The third-order valence-electron chi connectivity index (χ3n) is 2.74. The number of hydrogen-bond acceptors (Lipinski definition) is 4. The van der Waals surface area contributed by atoms with Crippen molar-refractivity contribution in [1.82, 2.24) is 15.0 Å². The highest BCUT2D eigenvalue weighted by molar-refractivity contribution is 6.28. The van der Waals surface area contributed by atoms with E-state index in [1.54, 1.807) is 6.20 Å². The summed E-state index contributed by atoms with van der Waals surface area (Å²) in [6.45, 7) is 1.88. The summed E-state index contributed by atoms with van der Waals surface area (Å²) in [6, 6.07) is 11.7. The Hall–Kier alpha value is -2.20. The van der Waals surface area contributed by atoms with Crippen LogP contribution in [0, 0.1) is 6.92 Å². The number of nitrogens with zero attached hydrogens (tertiary/aromatic N) is 3. The molecular weight excluding hydrogens is 260 g/mol. The molecule has 5 heteroatoms. The number of aromatic nitrogens is 3. The number of benzene rings is 1. The van der Waals surface area contributed by atoms with E-state index in [0.717, 1.165) is 22.3 Å². The van der Waals surface area contributed by atoms with Gasteiger partial charge in [0.25, 0.3) is 0 Å². The van der Waals surface area contributed by atoms with Gasteiger partial charge in [-0.25, -0.2) is 9.97 Å². The second-order valence-electron chi connectivity index (χ2n) is 4.16. The van der Waals surface area contributed by atoms with Crippen molar-refractivity contribution in [3.05, 3.63) is 53.6 Å². The smallest absolute Gasteiger partial charge is 0.224 e. The minimum Gasteiger partial charge on any atom is -0.340 e. The van der Waals surface area contributed by atoms with E-state index >= 15 is 0 Å². The number of nitrogens with one attached hydrogen (secondary N) is 1. The molecule has 4 nitrogen and oxygen atoms in total. The summed E-state index contributed by atoms with van der Waals surface area (Å²) in [7, 11) is 0. The molecule has 2 aromatic heterocycles. The molecule has 0 amide bonds. The third-order valence-corrected chi connectivity index (χ3v) is 2.90. The highest BCUT2D eigenvalue weighted by atomic mass is 35.5. The van der Waals surface area contributed by atoms with Crippen LogP contribution < -0.4 is 5.32 Å². The van der Waals surface area contributed by atoms with Crippen LogP contribution in [0.5, 0.6) is 0 Å². The van der Waals surface area contributed by atoms with Gasteiger partial charge in [-0.05, 0) is 42.8 Å². The standard InChI is InChI=1S/C14H11ClN4/c1-9-8-13(19-14(15)17-9)18-12-6-2-5-11-10(12)4-3-7-16-11/h2-8H,1H3,(H,17,18,19). The molecule has 0 fully saturated rings. The van der Waals surface area contributed by atoms with Crippen LogP contribution in [0.25, 0.3) is 10.9 Å². The van der Waals surface area contributed by atoms with Crippen molar-refractivity contribution < 1.29 is 0 Å². The minimum absolute atomic E-state index is 0.237. The quantitative estimate of drug-likeness (QED) is 0.721. The average Bonchev–Trinajstić information content (AvgIpc) is 2.38. The van der Waals surface area contributed by atoms with Gasteiger partial charge >= 0.3 is 0 Å². The third kappa shape index (κ3) is 2.48. The zero-order chi connectivity index (χ0) is 13.2. The predicted molar refractivity (Wildman–Crippen MR) is 76.8 cm³/mol. The summed E-state index contributed by atoms with van der Waals surface area (Å²) in [4.78, 5) is 12.5. The van der Waals surface area contributed by atoms with Gasteiger partial charge < -0.3 is 5.32 Å². The Balaban J connectivity index is 2.05. The Morgan fingerprint density at radius 3 is 2.84 bits per heavy atom. The van der Waals surface area contributed by atoms with E-state index in [1.807, 2.05) is 43.3 Å². The molecule has 1 N–H and O–H groups in total. The zero-order valence-electron chi connectivity index (χ0n) is 10.3. The molecular formula is C14H11ClN4. The maximum atomic E-state index is 5.86. The maximum Gasteiger partial charge on any atom is 0.224 e. The Morgan fingerprint density at radius 1 is 1.11 bits per heavy atom. The van der Waals surface area contributed by atoms with Crippen molar-refractivity contribution >= 4 is 34.0 Å². The van der Waals surface area contributed by atoms with Crippen LogP contribution in [0.15, 0.2) is 42.6 Å². The first-order chi connectivity index (χ1) is 9.22. The van der Waals surface area contributed by atoms with Crippen LogP contribution in [0.2, 0.25) is 5.28 Å². The van der Waals surface area contributed by atoms with Crippen LogP contribution >= 0.6 is 11.6 Å². The Morgan fingerprint density at radius 2 is 2.00 bits per heavy atom. The summed E-state index contributed by atoms with van der Waals surface area (Å²) >= 11 is 5.86. The molecule has 0 aliphatic rings. The number of halogens is 1. The molecule has 0 unspecified atom stereocenters. The molecule has 1 aromatic carbocycles. The number of aryl methyl sites for hydroxylation is 1. The number of anilines is 2. The highest BCUT2D eigenvalue weighted by Crippen LogP contribution is 2.24. The van der Waals surface area contributed by atoms with E-state index in [9.17, 15) is 0 Å². The van der Waals surface area contributed by atoms with Crippen molar-refractivity contribution in [3.63, 3.8) is 0 Å². The molecule has 0 aliphatic heterocycles. The van der Waals surface area contributed by atoms with Gasteiger partial charge in [0.2, 0.25) is 5.28 Å². The Bertz CT molecular complexity index is 717. The van der Waals surface area contributed by atoms with Crippen molar-refractivity contribution in [1.29, 1.82) is 0 Å². The minimum atomic E-state index is 0.237. The second kappa shape index (κ2) is 4.82. The molecule has 0 radical (unpaired) electrons. The first kappa shape index (κ1) is 11.9. The van der Waals surface area contributed by atoms with Gasteiger partial charge in [0, 0.05) is 29.0 Å². The van der Waals surface area contributed by atoms with Crippen molar-refractivity contribution in [2.24, 2.45) is 0 Å². The molecule has 0 bridgehead atoms. The van der Waals surface area contributed by atoms with E-state index in [0.29, 0.717) is 5.82 Å². The summed E-state index contributed by atoms with van der Waals surface area (Å²) in [5.41, 5.74) is 2.70. The molecule has 3 rings (SSSR count). The second-order valence-corrected chi connectivity index (χ2v) is 4.50. The lowest BCUT2D eigenvalue weighted by Gasteiger charge is -2.09. The first-order valence-corrected chi connectivity index (χ1v) is 6.22. The Kier molecular flexibility index (Phi) is 3.01. The van der Waals surface area contributed by atoms with Gasteiger partial charge in [0.15, 0.2) is 0 Å². The van der Waals surface area contributed by atoms with Crippen LogP contribution in [0.1, 0.15) is 5.69 Å². The predicted octanol–water partition coefficient (Wildman–Crippen LogP) is 3.73. The molecule has 19 heavy (non-hydrogen) atoms. The lowest BCUT2D eigenvalue weighted by Crippen LogP contribution is -1.97. The van der Waals surface area contributed by atoms with Crippen molar-refractivity contribution in [3.8, 4) is 0 Å². The van der Waals surface area contributed by atoms with E-state index in [4.69, 9.17) is 11.6 Å². The van der Waals surface area contributed by atoms with Gasteiger partial charge in [0.1, 0.15) is 5.82 Å². The Labute approximate surface area is 115 Å². The van der Waals surface area contributed by atoms with Gasteiger partial charge in [-0.1, -0.05) is 6.07 Å². The molecule has 0 atom stereocenters. The number of pyridine rings is 1. The number of fused-ring (bicyclic) bond motifs is 1. The van der Waals surface area contributed by atoms with Gasteiger partial charge in [-0.3, -0.25) is 4.98 Å². The number of rotatable bonds is 2. The van der Waals surface area contributed by atoms with Crippen LogP contribution in [-0.2, 0) is 0 Å². The summed E-state index contributed by atoms with van der Waals surface area (Å²) in [5.74, 6) is 0.675. The van der Waals surface area contributed by atoms with E-state index in [1.165, 1.54) is 0 Å². The molecule has 2 heterocycles. The average molecular weight is 271 g/mol. The van der Waals surface area contributed by atoms with Gasteiger partial charge in [0.05, 0.1) is 5.52 Å². The number of hydrogen-bond donors (Lipinski definition) is 1. The van der Waals surface area contributed by atoms with Gasteiger partial charge in [-0.15, -0.1) is 0 Å². The molecule has 0 saturated heterocycles. The molecule has 0 saturated carbocycles. The SMILES string of the molecule is Cc1cc(Nc2cccc3ncccc23)nc(Cl)n1. The normalized spacial score (nSPS) is 10.6. The molecule has 94 valence electrons. The zero-order valence-corrected chi connectivity index (χ0v) is 11.0. The highest BCUT2D eigenvalue weighted by Gasteiger charge is 2.04. The van der Waals surface area contributed by atoms with Crippen molar-refractivity contribution in [2.75, 3.05) is 5.32 Å². The molecule has 3 aromatic rings. The van der Waals surface area contributed by atoms with E-state index in [-0.39, 0.29) is 5.28 Å². The van der Waals surface area contributed by atoms with Crippen LogP contribution in [-0.4, -0.2) is 15.0 Å². The molecule has 0 spiro atoms. The fourth-order valence-corrected chi connectivity index (χ4v) is 2.17. The van der Waals surface area contributed by atoms with E-state index < -0.39 is 0 Å². The monoisotopic (exact) mass is 270 g/mol. The largest absolute Gasteiger partial charge is 0.340 e. The lowest BCUT2D eigenvalue weighted by atomic mass is 10.2. The topological polar surface area (TPSA) is 50.7 Å². The van der Waals surface area contributed by atoms with Crippen LogP contribution in [0.3, 0.4) is 0 Å². The summed E-state index contributed by atoms with van der Waals surface area (Å²) in [5, 5.41) is 4.53. The fraction of sp³-hybridized carbons (Fsp3) is 0.0714. The maximum absolute atomic E-state index is 5.86.